The highest BCUT2D eigenvalue weighted by Crippen LogP contribution is 2.24. The number of carbonyl (C=O) groups is 1. The molecule has 0 aliphatic carbocycles. The second-order valence-corrected chi connectivity index (χ2v) is 10.1. The fourth-order valence-corrected chi connectivity index (χ4v) is 4.52. The van der Waals surface area contributed by atoms with Gasteiger partial charge in [-0.3, -0.25) is 9.59 Å². The minimum atomic E-state index is -0.185. The summed E-state index contributed by atoms with van der Waals surface area (Å²) in [6, 6.07) is 8.04. The number of aromatic nitrogens is 4. The lowest BCUT2D eigenvalue weighted by atomic mass is 10.2. The average Bonchev–Trinajstić information content (AvgIpc) is 3.19. The van der Waals surface area contributed by atoms with E-state index >= 15 is 0 Å². The quantitative estimate of drug-likeness (QED) is 0.339. The Labute approximate surface area is 223 Å². The monoisotopic (exact) mass is 518 g/mol. The van der Waals surface area contributed by atoms with Gasteiger partial charge in [0.1, 0.15) is 5.39 Å². The summed E-state index contributed by atoms with van der Waals surface area (Å²) < 4.78 is 3.41. The molecule has 10 nitrogen and oxygen atoms in total. The molecule has 202 valence electrons. The molecule has 2 aromatic heterocycles. The topological polar surface area (TPSA) is 91.5 Å². The lowest BCUT2D eigenvalue weighted by molar-refractivity contribution is -0.117. The largest absolute Gasteiger partial charge is 0.369 e. The van der Waals surface area contributed by atoms with Crippen molar-refractivity contribution < 1.29 is 4.79 Å². The third kappa shape index (κ3) is 5.65. The number of amides is 1. The predicted molar refractivity (Wildman–Crippen MR) is 154 cm³/mol. The summed E-state index contributed by atoms with van der Waals surface area (Å²) in [6.45, 7) is 13.8. The average molecular weight is 519 g/mol. The van der Waals surface area contributed by atoms with E-state index in [4.69, 9.17) is 4.98 Å². The molecule has 1 saturated heterocycles. The molecule has 1 aliphatic heterocycles. The number of anilines is 3. The molecule has 1 aromatic carbocycles. The van der Waals surface area contributed by atoms with Gasteiger partial charge in [-0.15, -0.1) is 0 Å². The molecule has 1 N–H and O–H groups in total. The van der Waals surface area contributed by atoms with Gasteiger partial charge in [0.25, 0.3) is 5.56 Å². The van der Waals surface area contributed by atoms with Crippen LogP contribution in [0.5, 0.6) is 0 Å². The summed E-state index contributed by atoms with van der Waals surface area (Å²) in [7, 11) is 2.15. The Morgan fingerprint density at radius 2 is 1.76 bits per heavy atom. The minimum Gasteiger partial charge on any atom is -0.369 e. The van der Waals surface area contributed by atoms with Crippen LogP contribution in [0.15, 0.2) is 53.6 Å². The standard InChI is InChI=1S/C28H38N8O2/c1-7-8-24(18-34(19-37)20(2)3)36-26-25(27(38)35(36)21(4)5)17-29-28(31-26)30-22-9-11-23(12-10-22)33-15-13-32(6)14-16-33/h7-12,17-21H,13-16H2,1-6H3,(H,29,30,31)/b8-7-,24-18+. The number of nitrogens with one attached hydrogen (secondary N) is 1. The van der Waals surface area contributed by atoms with Gasteiger partial charge in [-0.1, -0.05) is 6.08 Å². The molecule has 0 unspecified atom stereocenters. The number of benzene rings is 1. The van der Waals surface area contributed by atoms with Crippen molar-refractivity contribution >= 4 is 40.5 Å². The van der Waals surface area contributed by atoms with Crippen molar-refractivity contribution in [2.24, 2.45) is 0 Å². The Bertz CT molecular complexity index is 1380. The molecule has 1 fully saturated rings. The van der Waals surface area contributed by atoms with E-state index < -0.39 is 0 Å². The van der Waals surface area contributed by atoms with Crippen molar-refractivity contribution in [1.82, 2.24) is 29.1 Å². The predicted octanol–water partition coefficient (Wildman–Crippen LogP) is 3.91. The van der Waals surface area contributed by atoms with E-state index in [0.717, 1.165) is 38.3 Å². The smallest absolute Gasteiger partial charge is 0.278 e. The molecule has 4 rings (SSSR count). The molecule has 10 heteroatoms. The van der Waals surface area contributed by atoms with Gasteiger partial charge in [-0.05, 0) is 72.0 Å². The number of likely N-dealkylation sites (N-methyl/N-ethyl adjacent to an activating group) is 1. The van der Waals surface area contributed by atoms with Crippen LogP contribution >= 0.6 is 0 Å². The molecule has 0 atom stereocenters. The van der Waals surface area contributed by atoms with Gasteiger partial charge < -0.3 is 20.0 Å². The lowest BCUT2D eigenvalue weighted by Gasteiger charge is -2.34. The molecule has 0 saturated carbocycles. The van der Waals surface area contributed by atoms with Gasteiger partial charge in [0.15, 0.2) is 5.65 Å². The first kappa shape index (κ1) is 27.1. The van der Waals surface area contributed by atoms with Crippen LogP contribution in [0.2, 0.25) is 0 Å². The minimum absolute atomic E-state index is 0.0468. The van der Waals surface area contributed by atoms with Crippen LogP contribution in [0.1, 0.15) is 40.7 Å². The van der Waals surface area contributed by atoms with Crippen molar-refractivity contribution in [3.63, 3.8) is 0 Å². The number of carbonyl (C=O) groups excluding carboxylic acids is 1. The van der Waals surface area contributed by atoms with Gasteiger partial charge in [-0.2, -0.15) is 4.98 Å². The van der Waals surface area contributed by atoms with E-state index in [2.05, 4.69) is 39.3 Å². The summed E-state index contributed by atoms with van der Waals surface area (Å²) in [5.41, 5.74) is 2.98. The maximum Gasteiger partial charge on any atom is 0.278 e. The summed E-state index contributed by atoms with van der Waals surface area (Å²) >= 11 is 0. The van der Waals surface area contributed by atoms with Crippen molar-refractivity contribution in [2.45, 2.75) is 46.7 Å². The van der Waals surface area contributed by atoms with Crippen molar-refractivity contribution in [3.05, 3.63) is 59.2 Å². The molecule has 1 aliphatic rings. The van der Waals surface area contributed by atoms with Gasteiger partial charge in [0.2, 0.25) is 12.4 Å². The van der Waals surface area contributed by atoms with Crippen LogP contribution in [0.3, 0.4) is 0 Å². The number of fused-ring (bicyclic) bond motifs is 1. The van der Waals surface area contributed by atoms with Crippen LogP contribution < -0.4 is 15.8 Å². The highest BCUT2D eigenvalue weighted by Gasteiger charge is 2.21. The third-order valence-corrected chi connectivity index (χ3v) is 6.69. The van der Waals surface area contributed by atoms with E-state index in [1.165, 1.54) is 5.69 Å². The second-order valence-electron chi connectivity index (χ2n) is 10.1. The normalized spacial score (nSPS) is 15.3. The summed E-state index contributed by atoms with van der Waals surface area (Å²) in [6.07, 6.45) is 7.82. The molecule has 1 amide bonds. The van der Waals surface area contributed by atoms with Crippen molar-refractivity contribution in [3.8, 4) is 0 Å². The SMILES string of the molecule is C/C=C\C(=C/N(C=O)C(C)C)n1c2nc(Nc3ccc(N4CCN(C)CC4)cc3)ncc2c(=O)n1C(C)C. The van der Waals surface area contributed by atoms with E-state index in [1.807, 2.05) is 58.9 Å². The van der Waals surface area contributed by atoms with E-state index in [9.17, 15) is 9.59 Å². The Kier molecular flexibility index (Phi) is 8.31. The van der Waals surface area contributed by atoms with Crippen LogP contribution in [-0.2, 0) is 4.79 Å². The number of rotatable bonds is 9. The zero-order valence-electron chi connectivity index (χ0n) is 23.1. The number of hydrogen-bond acceptors (Lipinski definition) is 7. The molecule has 0 bridgehead atoms. The molecular weight excluding hydrogens is 480 g/mol. The van der Waals surface area contributed by atoms with Crippen molar-refractivity contribution in [2.75, 3.05) is 43.4 Å². The molecule has 0 spiro atoms. The number of piperazine rings is 1. The van der Waals surface area contributed by atoms with Crippen LogP contribution in [0, 0.1) is 0 Å². The van der Waals surface area contributed by atoms with Crippen molar-refractivity contribution in [1.29, 1.82) is 0 Å². The van der Waals surface area contributed by atoms with E-state index in [1.54, 1.807) is 26.7 Å². The first-order valence-corrected chi connectivity index (χ1v) is 13.1. The Hall–Kier alpha value is -3.92. The highest BCUT2D eigenvalue weighted by molar-refractivity contribution is 5.80. The summed E-state index contributed by atoms with van der Waals surface area (Å²) in [5, 5.41) is 3.69. The zero-order valence-corrected chi connectivity index (χ0v) is 23.1. The van der Waals surface area contributed by atoms with Gasteiger partial charge in [-0.25, -0.2) is 14.3 Å². The Morgan fingerprint density at radius 1 is 1.08 bits per heavy atom. The Morgan fingerprint density at radius 3 is 2.34 bits per heavy atom. The third-order valence-electron chi connectivity index (χ3n) is 6.69. The molecule has 3 aromatic rings. The fourth-order valence-electron chi connectivity index (χ4n) is 4.52. The second kappa shape index (κ2) is 11.6. The number of allylic oxidation sites excluding steroid dienone is 3. The molecule has 0 radical (unpaired) electrons. The van der Waals surface area contributed by atoms with Gasteiger partial charge >= 0.3 is 0 Å². The fraction of sp³-hybridized carbons (Fsp3) is 0.429. The maximum absolute atomic E-state index is 13.4. The maximum atomic E-state index is 13.4. The van der Waals surface area contributed by atoms with E-state index in [-0.39, 0.29) is 17.6 Å². The first-order chi connectivity index (χ1) is 18.2. The van der Waals surface area contributed by atoms with Gasteiger partial charge in [0.05, 0.1) is 5.70 Å². The highest BCUT2D eigenvalue weighted by atomic mass is 16.1. The zero-order chi connectivity index (χ0) is 27.4. The molecule has 3 heterocycles. The lowest BCUT2D eigenvalue weighted by Crippen LogP contribution is -2.44. The summed E-state index contributed by atoms with van der Waals surface area (Å²) in [4.78, 5) is 40.6. The van der Waals surface area contributed by atoms with E-state index in [0.29, 0.717) is 22.7 Å². The number of hydrogen-bond donors (Lipinski definition) is 1. The van der Waals surface area contributed by atoms with Crippen LogP contribution in [-0.4, -0.2) is 74.8 Å². The molecular formula is C28H38N8O2. The van der Waals surface area contributed by atoms with Crippen LogP contribution in [0.4, 0.5) is 17.3 Å². The first-order valence-electron chi connectivity index (χ1n) is 13.1. The number of nitrogens with zero attached hydrogens (tertiary/aromatic N) is 7. The Balaban J connectivity index is 1.73. The van der Waals surface area contributed by atoms with Gasteiger partial charge in [0, 0.05) is 62.0 Å². The summed E-state index contributed by atoms with van der Waals surface area (Å²) in [5.74, 6) is 0.385. The van der Waals surface area contributed by atoms with Crippen LogP contribution in [0.25, 0.3) is 16.7 Å². The molecule has 38 heavy (non-hydrogen) atoms.